The number of aliphatic hydroxyl groups is 1. The van der Waals surface area contributed by atoms with Crippen molar-refractivity contribution >= 4 is 17.3 Å². The third kappa shape index (κ3) is 4.16. The molecule has 0 aromatic heterocycles. The van der Waals surface area contributed by atoms with Gasteiger partial charge in [-0.15, -0.1) is 0 Å². The van der Waals surface area contributed by atoms with Crippen LogP contribution in [0.15, 0.2) is 36.4 Å². The first kappa shape index (κ1) is 17.1. The van der Waals surface area contributed by atoms with Crippen LogP contribution < -0.4 is 5.32 Å². The van der Waals surface area contributed by atoms with Crippen LogP contribution in [0.2, 0.25) is 5.02 Å². The number of nitro benzene ring substituents is 1. The second-order valence-corrected chi connectivity index (χ2v) is 5.27. The SMILES string of the molecule is O=[N+]([O-])c1ccc(O)c(CNC(CO)c2ccc(Cl)c(F)c2)c1. The number of hydrogen-bond donors (Lipinski definition) is 3. The molecule has 0 saturated heterocycles. The van der Waals surface area contributed by atoms with Crippen molar-refractivity contribution < 1.29 is 19.5 Å². The van der Waals surface area contributed by atoms with Crippen LogP contribution in [0.3, 0.4) is 0 Å². The van der Waals surface area contributed by atoms with Crippen molar-refractivity contribution in [3.63, 3.8) is 0 Å². The van der Waals surface area contributed by atoms with E-state index < -0.39 is 16.8 Å². The highest BCUT2D eigenvalue weighted by Crippen LogP contribution is 2.24. The Kier molecular flexibility index (Phi) is 5.49. The van der Waals surface area contributed by atoms with Gasteiger partial charge in [0.15, 0.2) is 0 Å². The molecule has 0 bridgehead atoms. The standard InChI is InChI=1S/C15H14ClFN2O4/c16-12-3-1-9(6-13(12)17)14(8-20)18-7-10-5-11(19(22)23)2-4-15(10)21/h1-6,14,18,20-21H,7-8H2. The number of benzene rings is 2. The smallest absolute Gasteiger partial charge is 0.270 e. The van der Waals surface area contributed by atoms with Crippen LogP contribution in [0.4, 0.5) is 10.1 Å². The van der Waals surface area contributed by atoms with Gasteiger partial charge in [-0.25, -0.2) is 4.39 Å². The Bertz CT molecular complexity index is 727. The van der Waals surface area contributed by atoms with Crippen molar-refractivity contribution in [1.29, 1.82) is 0 Å². The number of rotatable bonds is 6. The maximum atomic E-state index is 13.5. The molecular weight excluding hydrogens is 327 g/mol. The van der Waals surface area contributed by atoms with E-state index in [0.717, 1.165) is 0 Å². The summed E-state index contributed by atoms with van der Waals surface area (Å²) in [5.74, 6) is -0.718. The Morgan fingerprint density at radius 2 is 2.04 bits per heavy atom. The van der Waals surface area contributed by atoms with Crippen LogP contribution in [0.1, 0.15) is 17.2 Å². The van der Waals surface area contributed by atoms with Crippen molar-refractivity contribution in [3.05, 3.63) is 68.5 Å². The van der Waals surface area contributed by atoms with Gasteiger partial charge in [-0.1, -0.05) is 17.7 Å². The Balaban J connectivity index is 2.15. The normalized spacial score (nSPS) is 12.1. The number of aliphatic hydroxyl groups excluding tert-OH is 1. The second-order valence-electron chi connectivity index (χ2n) is 4.86. The summed E-state index contributed by atoms with van der Waals surface area (Å²) in [4.78, 5) is 10.2. The van der Waals surface area contributed by atoms with Crippen LogP contribution in [-0.4, -0.2) is 21.7 Å². The van der Waals surface area contributed by atoms with Gasteiger partial charge in [0.25, 0.3) is 5.69 Å². The highest BCUT2D eigenvalue weighted by molar-refractivity contribution is 6.30. The molecule has 2 rings (SSSR count). The minimum absolute atomic E-state index is 0.0261. The van der Waals surface area contributed by atoms with Gasteiger partial charge < -0.3 is 15.5 Å². The molecule has 1 atom stereocenters. The molecule has 0 aliphatic heterocycles. The Morgan fingerprint density at radius 3 is 2.65 bits per heavy atom. The van der Waals surface area contributed by atoms with Gasteiger partial charge in [-0.2, -0.15) is 0 Å². The van der Waals surface area contributed by atoms with E-state index in [0.29, 0.717) is 11.1 Å². The summed E-state index contributed by atoms with van der Waals surface area (Å²) in [6, 6.07) is 7.18. The van der Waals surface area contributed by atoms with Gasteiger partial charge in [0.05, 0.1) is 22.6 Å². The summed E-state index contributed by atoms with van der Waals surface area (Å²) in [5.41, 5.74) is 0.615. The summed E-state index contributed by atoms with van der Waals surface area (Å²) >= 11 is 5.61. The number of phenolic OH excluding ortho intramolecular Hbond substituents is 1. The summed E-state index contributed by atoms with van der Waals surface area (Å²) in [5, 5.41) is 32.8. The molecule has 122 valence electrons. The molecular formula is C15H14ClFN2O4. The van der Waals surface area contributed by atoms with Crippen LogP contribution in [0.5, 0.6) is 5.75 Å². The zero-order valence-electron chi connectivity index (χ0n) is 11.9. The lowest BCUT2D eigenvalue weighted by atomic mass is 10.1. The molecule has 0 aliphatic carbocycles. The average molecular weight is 341 g/mol. The minimum Gasteiger partial charge on any atom is -0.508 e. The van der Waals surface area contributed by atoms with Crippen LogP contribution in [-0.2, 0) is 6.54 Å². The fourth-order valence-electron chi connectivity index (χ4n) is 2.08. The van der Waals surface area contributed by atoms with E-state index in [4.69, 9.17) is 11.6 Å². The first-order valence-electron chi connectivity index (χ1n) is 6.68. The number of non-ortho nitro benzene ring substituents is 1. The molecule has 0 radical (unpaired) electrons. The maximum Gasteiger partial charge on any atom is 0.270 e. The van der Waals surface area contributed by atoms with Crippen molar-refractivity contribution in [2.45, 2.75) is 12.6 Å². The Hall–Kier alpha value is -2.22. The van der Waals surface area contributed by atoms with E-state index in [9.17, 15) is 24.7 Å². The maximum absolute atomic E-state index is 13.5. The van der Waals surface area contributed by atoms with E-state index in [1.807, 2.05) is 0 Å². The van der Waals surface area contributed by atoms with E-state index in [1.54, 1.807) is 6.07 Å². The Labute approximate surface area is 136 Å². The third-order valence-corrected chi connectivity index (χ3v) is 3.65. The van der Waals surface area contributed by atoms with Gasteiger partial charge >= 0.3 is 0 Å². The van der Waals surface area contributed by atoms with E-state index in [1.165, 1.54) is 30.3 Å². The largest absolute Gasteiger partial charge is 0.508 e. The lowest BCUT2D eigenvalue weighted by Gasteiger charge is -2.17. The fraction of sp³-hybridized carbons (Fsp3) is 0.200. The van der Waals surface area contributed by atoms with Crippen molar-refractivity contribution in [2.24, 2.45) is 0 Å². The lowest BCUT2D eigenvalue weighted by molar-refractivity contribution is -0.384. The molecule has 1 unspecified atom stereocenters. The fourth-order valence-corrected chi connectivity index (χ4v) is 2.19. The number of nitrogens with one attached hydrogen (secondary N) is 1. The number of aromatic hydroxyl groups is 1. The highest BCUT2D eigenvalue weighted by Gasteiger charge is 2.15. The molecule has 2 aromatic rings. The number of phenols is 1. The molecule has 0 fully saturated rings. The zero-order chi connectivity index (χ0) is 17.0. The first-order valence-corrected chi connectivity index (χ1v) is 7.05. The van der Waals surface area contributed by atoms with Crippen molar-refractivity contribution in [1.82, 2.24) is 5.32 Å². The van der Waals surface area contributed by atoms with Gasteiger partial charge in [0.1, 0.15) is 11.6 Å². The number of halogens is 2. The van der Waals surface area contributed by atoms with E-state index >= 15 is 0 Å². The summed E-state index contributed by atoms with van der Waals surface area (Å²) in [6.45, 7) is -0.264. The molecule has 0 spiro atoms. The molecule has 8 heteroatoms. The average Bonchev–Trinajstić information content (AvgIpc) is 2.52. The molecule has 0 aliphatic rings. The number of hydrogen-bond acceptors (Lipinski definition) is 5. The van der Waals surface area contributed by atoms with Crippen LogP contribution >= 0.6 is 11.6 Å². The van der Waals surface area contributed by atoms with Crippen LogP contribution in [0, 0.1) is 15.9 Å². The van der Waals surface area contributed by atoms with Crippen LogP contribution in [0.25, 0.3) is 0 Å². The molecule has 0 saturated carbocycles. The predicted octanol–water partition coefficient (Wildman–Crippen LogP) is 2.92. The summed E-state index contributed by atoms with van der Waals surface area (Å²) < 4.78 is 13.5. The van der Waals surface area contributed by atoms with E-state index in [-0.39, 0.29) is 29.6 Å². The monoisotopic (exact) mass is 340 g/mol. The van der Waals surface area contributed by atoms with Gasteiger partial charge in [-0.3, -0.25) is 10.1 Å². The first-order chi connectivity index (χ1) is 10.9. The van der Waals surface area contributed by atoms with Crippen molar-refractivity contribution in [3.8, 4) is 5.75 Å². The summed E-state index contributed by atoms with van der Waals surface area (Å²) in [7, 11) is 0. The Morgan fingerprint density at radius 1 is 1.30 bits per heavy atom. The molecule has 0 heterocycles. The zero-order valence-corrected chi connectivity index (χ0v) is 12.6. The van der Waals surface area contributed by atoms with Gasteiger partial charge in [-0.05, 0) is 23.8 Å². The highest BCUT2D eigenvalue weighted by atomic mass is 35.5. The van der Waals surface area contributed by atoms with Gasteiger partial charge in [0, 0.05) is 24.2 Å². The predicted molar refractivity (Wildman–Crippen MR) is 82.8 cm³/mol. The molecule has 6 nitrogen and oxygen atoms in total. The molecule has 23 heavy (non-hydrogen) atoms. The number of nitrogens with zero attached hydrogens (tertiary/aromatic N) is 1. The third-order valence-electron chi connectivity index (χ3n) is 3.34. The van der Waals surface area contributed by atoms with Crippen molar-refractivity contribution in [2.75, 3.05) is 6.61 Å². The topological polar surface area (TPSA) is 95.6 Å². The molecule has 2 aromatic carbocycles. The minimum atomic E-state index is -0.611. The second kappa shape index (κ2) is 7.36. The van der Waals surface area contributed by atoms with E-state index in [2.05, 4.69) is 5.32 Å². The lowest BCUT2D eigenvalue weighted by Crippen LogP contribution is -2.24. The molecule has 3 N–H and O–H groups in total. The summed E-state index contributed by atoms with van der Waals surface area (Å²) in [6.07, 6.45) is 0. The quantitative estimate of drug-likeness (QED) is 0.555. The number of nitro groups is 1. The molecule has 0 amide bonds. The van der Waals surface area contributed by atoms with Gasteiger partial charge in [0.2, 0.25) is 0 Å².